The van der Waals surface area contributed by atoms with Crippen LogP contribution in [0.15, 0.2) is 168 Å². The van der Waals surface area contributed by atoms with E-state index in [1.165, 1.54) is 6.92 Å². The van der Waals surface area contributed by atoms with Gasteiger partial charge >= 0.3 is 23.9 Å². The maximum atomic E-state index is 16.7. The summed E-state index contributed by atoms with van der Waals surface area (Å²) >= 11 is 0. The largest absolute Gasteiger partial charge is 0.482 e. The van der Waals surface area contributed by atoms with Crippen molar-refractivity contribution in [1.82, 2.24) is 0 Å². The second-order valence-corrected chi connectivity index (χ2v) is 20.4. The number of aliphatic imine (C=N–C) groups is 1. The number of fused-ring (bicyclic) bond motifs is 5. The molecule has 2 heterocycles. The number of esters is 4. The first-order valence-corrected chi connectivity index (χ1v) is 24.6. The minimum absolute atomic E-state index is 0.131. The van der Waals surface area contributed by atoms with E-state index in [9.17, 15) is 19.5 Å². The molecular weight excluding hydrogens is 931 g/mol. The average Bonchev–Trinajstić information content (AvgIpc) is 3.85. The summed E-state index contributed by atoms with van der Waals surface area (Å²) in [5.74, 6) is -6.88. The number of hydrogen-bond donors (Lipinski definition) is 1. The molecule has 10 rings (SSSR count). The Morgan fingerprint density at radius 3 is 1.96 bits per heavy atom. The molecule has 0 aromatic heterocycles. The Hall–Kier alpha value is -7.42. The zero-order valence-electron chi connectivity index (χ0n) is 41.2. The number of hydrogen-bond acceptors (Lipinski definition) is 14. The van der Waals surface area contributed by atoms with Gasteiger partial charge in [0.2, 0.25) is 17.8 Å². The van der Waals surface area contributed by atoms with Gasteiger partial charge in [-0.05, 0) is 65.4 Å². The van der Waals surface area contributed by atoms with Crippen LogP contribution in [0.4, 0.5) is 0 Å². The van der Waals surface area contributed by atoms with Crippen LogP contribution in [0.3, 0.4) is 0 Å². The SMILES string of the molecule is CC(=O)O[C@@]12CO[C@@H]1C[C@H](c1ccccc1)[C@@]1(C)C(=O)C(OC(=O)COc3ccccc3)=C3C(C)C(OC(=O)[C@@H]4OC(c5ccccc5)=N[C@H]4c4ccccc4)C[C@@](O)([C@@H](OC(=O)c4ccccc4)[C@H]21)C3(C)C. The average molecular weight is 988 g/mol. The number of para-hydroxylation sites is 1. The maximum Gasteiger partial charge on any atom is 0.350 e. The van der Waals surface area contributed by atoms with E-state index in [1.54, 1.807) is 88.4 Å². The Kier molecular flexibility index (Phi) is 12.9. The van der Waals surface area contributed by atoms with Gasteiger partial charge in [-0.1, -0.05) is 143 Å². The van der Waals surface area contributed by atoms with E-state index in [2.05, 4.69) is 0 Å². The predicted octanol–water partition coefficient (Wildman–Crippen LogP) is 8.48. The van der Waals surface area contributed by atoms with Crippen molar-refractivity contribution in [2.45, 2.75) is 95.0 Å². The van der Waals surface area contributed by atoms with Crippen molar-refractivity contribution in [3.05, 3.63) is 185 Å². The molecule has 11 atom stereocenters. The standard InChI is InChI=1S/C59H57NO13/c1-35-43(69-55(65)49-47(38-23-13-7-14-24-38)60-53(71-49)39-25-15-8-16-26-39)32-59(66)52(72-54(64)40-27-17-9-18-28-40)50-57(5,42(37-21-11-6-12-22-37)31-44-58(50,34-68-44)73-36(2)61)51(63)48(46(35)56(59,3)4)70-45(62)33-67-41-29-19-10-20-30-41/h6-30,35,42-44,47,49-50,52,66H,31-34H2,1-5H3/t35?,42-,43?,44-,47+,49-,50+,52+,57-,58+,59-/m1/s1. The van der Waals surface area contributed by atoms with E-state index in [0.29, 0.717) is 22.4 Å². The van der Waals surface area contributed by atoms with Crippen LogP contribution in [0.25, 0.3) is 0 Å². The molecule has 14 nitrogen and oxygen atoms in total. The van der Waals surface area contributed by atoms with E-state index in [0.717, 1.165) is 0 Å². The van der Waals surface area contributed by atoms with Gasteiger partial charge in [0.25, 0.3) is 0 Å². The Labute approximate surface area is 423 Å². The molecule has 73 heavy (non-hydrogen) atoms. The number of allylic oxidation sites excluding steroid dienone is 1. The number of Topliss-reactive ketones (excluding diaryl/α,β-unsaturated/α-hetero) is 1. The Bertz CT molecular complexity index is 2960. The van der Waals surface area contributed by atoms with Gasteiger partial charge in [-0.15, -0.1) is 0 Å². The summed E-state index contributed by atoms with van der Waals surface area (Å²) in [5.41, 5.74) is -5.12. The molecule has 0 amide bonds. The van der Waals surface area contributed by atoms with Gasteiger partial charge in [-0.25, -0.2) is 19.4 Å². The van der Waals surface area contributed by atoms with E-state index >= 15 is 9.59 Å². The molecule has 0 radical (unpaired) electrons. The lowest BCUT2D eigenvalue weighted by atomic mass is 9.43. The summed E-state index contributed by atoms with van der Waals surface area (Å²) in [7, 11) is 0. The molecule has 3 fully saturated rings. The zero-order valence-corrected chi connectivity index (χ0v) is 41.2. The zero-order chi connectivity index (χ0) is 51.3. The second kappa shape index (κ2) is 19.2. The molecule has 5 aliphatic rings. The third-order valence-electron chi connectivity index (χ3n) is 15.9. The molecule has 376 valence electrons. The van der Waals surface area contributed by atoms with Crippen LogP contribution < -0.4 is 4.74 Å². The van der Waals surface area contributed by atoms with E-state index in [1.807, 2.05) is 91.0 Å². The number of aliphatic hydroxyl groups is 1. The van der Waals surface area contributed by atoms with Crippen molar-refractivity contribution in [1.29, 1.82) is 0 Å². The fraction of sp³-hybridized carbons (Fsp3) is 0.356. The normalized spacial score (nSPS) is 30.8. The fourth-order valence-corrected chi connectivity index (χ4v) is 12.3. The summed E-state index contributed by atoms with van der Waals surface area (Å²) in [6.07, 6.45) is -5.38. The summed E-state index contributed by atoms with van der Waals surface area (Å²) in [6, 6.07) is 43.6. The van der Waals surface area contributed by atoms with E-state index in [4.69, 9.17) is 38.2 Å². The highest BCUT2D eigenvalue weighted by Crippen LogP contribution is 2.68. The first-order chi connectivity index (χ1) is 35.1. The minimum Gasteiger partial charge on any atom is -0.482 e. The third-order valence-corrected chi connectivity index (χ3v) is 15.9. The molecule has 1 saturated heterocycles. The van der Waals surface area contributed by atoms with E-state index in [-0.39, 0.29) is 36.5 Å². The number of ether oxygens (including phenoxy) is 7. The number of benzene rings is 5. The number of ketones is 1. The fourth-order valence-electron chi connectivity index (χ4n) is 12.3. The topological polar surface area (TPSA) is 183 Å². The smallest absolute Gasteiger partial charge is 0.350 e. The minimum atomic E-state index is -2.30. The lowest BCUT2D eigenvalue weighted by Gasteiger charge is -2.68. The molecule has 2 bridgehead atoms. The number of carbonyl (C=O) groups excluding carboxylic acids is 5. The number of rotatable bonds is 12. The highest BCUT2D eigenvalue weighted by atomic mass is 16.6. The third kappa shape index (κ3) is 8.49. The quantitative estimate of drug-likeness (QED) is 0.0929. The molecule has 5 aromatic rings. The molecule has 5 aromatic carbocycles. The summed E-state index contributed by atoms with van der Waals surface area (Å²) in [5, 5.41) is 14.3. The monoisotopic (exact) mass is 987 g/mol. The van der Waals surface area contributed by atoms with Crippen LogP contribution in [0, 0.1) is 22.7 Å². The van der Waals surface area contributed by atoms with Gasteiger partial charge in [0.1, 0.15) is 35.7 Å². The Morgan fingerprint density at radius 1 is 0.767 bits per heavy atom. The molecule has 3 aliphatic carbocycles. The van der Waals surface area contributed by atoms with Gasteiger partial charge in [-0.3, -0.25) is 9.59 Å². The summed E-state index contributed by atoms with van der Waals surface area (Å²) < 4.78 is 44.7. The lowest BCUT2D eigenvalue weighted by Crippen LogP contribution is -2.80. The second-order valence-electron chi connectivity index (χ2n) is 20.4. The molecular formula is C59H57NO13. The summed E-state index contributed by atoms with van der Waals surface area (Å²) in [4.78, 5) is 79.3. The lowest BCUT2D eigenvalue weighted by molar-refractivity contribution is -0.335. The van der Waals surface area contributed by atoms with Crippen LogP contribution in [0.2, 0.25) is 0 Å². The molecule has 2 saturated carbocycles. The Morgan fingerprint density at radius 2 is 1.36 bits per heavy atom. The van der Waals surface area contributed by atoms with Crippen molar-refractivity contribution in [3.63, 3.8) is 0 Å². The van der Waals surface area contributed by atoms with Crippen molar-refractivity contribution >= 4 is 35.6 Å². The van der Waals surface area contributed by atoms with Gasteiger partial charge in [0, 0.05) is 30.2 Å². The van der Waals surface area contributed by atoms with E-state index < -0.39 is 112 Å². The molecule has 14 heteroatoms. The van der Waals surface area contributed by atoms with Crippen molar-refractivity contribution in [2.24, 2.45) is 27.7 Å². The van der Waals surface area contributed by atoms with Crippen molar-refractivity contribution in [3.8, 4) is 5.75 Å². The van der Waals surface area contributed by atoms with Crippen LogP contribution in [0.1, 0.15) is 86.5 Å². The number of nitrogens with zero attached hydrogens (tertiary/aromatic N) is 1. The Balaban J connectivity index is 1.16. The maximum absolute atomic E-state index is 16.7. The van der Waals surface area contributed by atoms with Gasteiger partial charge in [0.05, 0.1) is 23.5 Å². The van der Waals surface area contributed by atoms with Crippen LogP contribution >= 0.6 is 0 Å². The summed E-state index contributed by atoms with van der Waals surface area (Å²) in [6.45, 7) is 7.21. The molecule has 2 aliphatic heterocycles. The molecule has 2 unspecified atom stereocenters. The van der Waals surface area contributed by atoms with Crippen LogP contribution in [-0.2, 0) is 47.6 Å². The van der Waals surface area contributed by atoms with Gasteiger partial charge in [-0.2, -0.15) is 0 Å². The molecule has 1 N–H and O–H groups in total. The predicted molar refractivity (Wildman–Crippen MR) is 265 cm³/mol. The number of carbonyl (C=O) groups is 5. The molecule has 0 spiro atoms. The van der Waals surface area contributed by atoms with Gasteiger partial charge < -0.3 is 38.3 Å². The van der Waals surface area contributed by atoms with Crippen molar-refractivity contribution in [2.75, 3.05) is 13.2 Å². The van der Waals surface area contributed by atoms with Crippen LogP contribution in [-0.4, -0.2) is 89.5 Å². The van der Waals surface area contributed by atoms with Crippen LogP contribution in [0.5, 0.6) is 5.75 Å². The first-order valence-electron chi connectivity index (χ1n) is 24.6. The first kappa shape index (κ1) is 49.2. The highest BCUT2D eigenvalue weighted by molar-refractivity contribution is 6.03. The highest BCUT2D eigenvalue weighted by Gasteiger charge is 2.78. The van der Waals surface area contributed by atoms with Gasteiger partial charge in [0.15, 0.2) is 18.0 Å². The van der Waals surface area contributed by atoms with Crippen molar-refractivity contribution < 1.29 is 62.2 Å².